The van der Waals surface area contributed by atoms with Crippen LogP contribution in [-0.2, 0) is 11.3 Å². The molecule has 0 aliphatic carbocycles. The van der Waals surface area contributed by atoms with E-state index in [-0.39, 0.29) is 17.2 Å². The number of nitrogens with zero attached hydrogens (tertiary/aromatic N) is 4. The predicted molar refractivity (Wildman–Crippen MR) is 127 cm³/mol. The third-order valence-electron chi connectivity index (χ3n) is 5.40. The zero-order valence-electron chi connectivity index (χ0n) is 17.5. The van der Waals surface area contributed by atoms with Crippen LogP contribution in [0.4, 0.5) is 5.69 Å². The summed E-state index contributed by atoms with van der Waals surface area (Å²) in [5.41, 5.74) is 1.71. The van der Waals surface area contributed by atoms with E-state index in [0.29, 0.717) is 40.7 Å². The summed E-state index contributed by atoms with van der Waals surface area (Å²) in [4.78, 5) is 34.5. The molecule has 1 aliphatic rings. The largest absolute Gasteiger partial charge is 0.368 e. The van der Waals surface area contributed by atoms with Crippen molar-refractivity contribution in [1.82, 2.24) is 14.5 Å². The number of amides is 1. The molecule has 1 saturated heterocycles. The Hall–Kier alpha value is -2.51. The number of hydrogen-bond acceptors (Lipinski definition) is 5. The summed E-state index contributed by atoms with van der Waals surface area (Å²) >= 11 is 7.45. The Bertz CT molecular complexity index is 1140. The number of rotatable bonds is 6. The number of aromatic nitrogens is 2. The number of halogens is 1. The van der Waals surface area contributed by atoms with Crippen molar-refractivity contribution in [3.8, 4) is 0 Å². The number of carbonyl (C=O) groups excluding carboxylic acids is 1. The lowest BCUT2D eigenvalue weighted by Crippen LogP contribution is -2.49. The van der Waals surface area contributed by atoms with Crippen LogP contribution < -0.4 is 10.5 Å². The first-order valence-electron chi connectivity index (χ1n) is 10.5. The fourth-order valence-corrected chi connectivity index (χ4v) is 4.90. The number of thioether (sulfide) groups is 1. The van der Waals surface area contributed by atoms with Gasteiger partial charge in [0, 0.05) is 43.4 Å². The Balaban J connectivity index is 1.42. The maximum Gasteiger partial charge on any atom is 0.262 e. The average molecular weight is 457 g/mol. The summed E-state index contributed by atoms with van der Waals surface area (Å²) in [6, 6.07) is 15.2. The average Bonchev–Trinajstić information content (AvgIpc) is 2.80. The SMILES string of the molecule is CCCn1c(SCC(=O)N2CCN(c3cccc(Cl)c3)CC2)nc2ccccc2c1=O. The zero-order valence-corrected chi connectivity index (χ0v) is 19.0. The summed E-state index contributed by atoms with van der Waals surface area (Å²) < 4.78 is 1.69. The Morgan fingerprint density at radius 3 is 2.61 bits per heavy atom. The molecule has 1 fully saturated rings. The second-order valence-corrected chi connectivity index (χ2v) is 8.88. The van der Waals surface area contributed by atoms with Crippen LogP contribution in [0.2, 0.25) is 5.02 Å². The lowest BCUT2D eigenvalue weighted by molar-refractivity contribution is -0.128. The lowest BCUT2D eigenvalue weighted by atomic mass is 10.2. The van der Waals surface area contributed by atoms with Gasteiger partial charge in [0.25, 0.3) is 5.56 Å². The molecule has 2 aromatic carbocycles. The van der Waals surface area contributed by atoms with Crippen molar-refractivity contribution in [1.29, 1.82) is 0 Å². The standard InChI is InChI=1S/C23H25ClN4O2S/c1-2-10-28-22(30)19-8-3-4-9-20(19)25-23(28)31-16-21(29)27-13-11-26(12-14-27)18-7-5-6-17(24)15-18/h3-9,15H,2,10-14,16H2,1H3. The van der Waals surface area contributed by atoms with Gasteiger partial charge in [-0.1, -0.05) is 48.5 Å². The molecule has 1 aromatic heterocycles. The fraction of sp³-hybridized carbons (Fsp3) is 0.348. The molecule has 6 nitrogen and oxygen atoms in total. The van der Waals surface area contributed by atoms with Crippen LogP contribution in [0.3, 0.4) is 0 Å². The van der Waals surface area contributed by atoms with Crippen LogP contribution in [0.15, 0.2) is 58.5 Å². The molecule has 31 heavy (non-hydrogen) atoms. The van der Waals surface area contributed by atoms with Gasteiger partial charge in [-0.25, -0.2) is 4.98 Å². The maximum atomic E-state index is 12.9. The van der Waals surface area contributed by atoms with Crippen LogP contribution in [0.5, 0.6) is 0 Å². The van der Waals surface area contributed by atoms with E-state index in [2.05, 4.69) is 9.88 Å². The molecular formula is C23H25ClN4O2S. The summed E-state index contributed by atoms with van der Waals surface area (Å²) in [5.74, 6) is 0.340. The second-order valence-electron chi connectivity index (χ2n) is 7.50. The fourth-order valence-electron chi connectivity index (χ4n) is 3.78. The van der Waals surface area contributed by atoms with Crippen LogP contribution in [0.1, 0.15) is 13.3 Å². The van der Waals surface area contributed by atoms with Crippen molar-refractivity contribution in [3.05, 3.63) is 63.9 Å². The van der Waals surface area contributed by atoms with Crippen LogP contribution >= 0.6 is 23.4 Å². The molecule has 0 radical (unpaired) electrons. The molecule has 2 heterocycles. The number of benzene rings is 2. The molecule has 0 saturated carbocycles. The van der Waals surface area contributed by atoms with Gasteiger partial charge in [-0.2, -0.15) is 0 Å². The molecule has 3 aromatic rings. The highest BCUT2D eigenvalue weighted by molar-refractivity contribution is 7.99. The van der Waals surface area contributed by atoms with Crippen LogP contribution in [-0.4, -0.2) is 52.3 Å². The minimum Gasteiger partial charge on any atom is -0.368 e. The van der Waals surface area contributed by atoms with Crippen molar-refractivity contribution in [2.24, 2.45) is 0 Å². The van der Waals surface area contributed by atoms with Gasteiger partial charge in [0.05, 0.1) is 16.7 Å². The number of piperazine rings is 1. The predicted octanol–water partition coefficient (Wildman–Crippen LogP) is 3.90. The van der Waals surface area contributed by atoms with E-state index < -0.39 is 0 Å². The van der Waals surface area contributed by atoms with Gasteiger partial charge in [0.1, 0.15) is 0 Å². The summed E-state index contributed by atoms with van der Waals surface area (Å²) in [6.07, 6.45) is 0.826. The first kappa shape index (κ1) is 21.7. The number of anilines is 1. The zero-order chi connectivity index (χ0) is 21.8. The van der Waals surface area contributed by atoms with Crippen molar-refractivity contribution in [2.75, 3.05) is 36.8 Å². The first-order valence-corrected chi connectivity index (χ1v) is 11.8. The number of hydrogen-bond donors (Lipinski definition) is 0. The van der Waals surface area contributed by atoms with Gasteiger partial charge < -0.3 is 9.80 Å². The molecule has 162 valence electrons. The normalized spacial score (nSPS) is 14.3. The molecule has 0 N–H and O–H groups in total. The Kier molecular flexibility index (Phi) is 6.83. The summed E-state index contributed by atoms with van der Waals surface area (Å²) in [7, 11) is 0. The third-order valence-corrected chi connectivity index (χ3v) is 6.60. The molecule has 8 heteroatoms. The molecule has 1 amide bonds. The lowest BCUT2D eigenvalue weighted by Gasteiger charge is -2.36. The summed E-state index contributed by atoms with van der Waals surface area (Å²) in [5, 5.41) is 1.94. The quantitative estimate of drug-likeness (QED) is 0.416. The molecule has 4 rings (SSSR count). The Labute approximate surface area is 190 Å². The summed E-state index contributed by atoms with van der Waals surface area (Å²) in [6.45, 7) is 5.49. The van der Waals surface area contributed by atoms with Gasteiger partial charge in [0.15, 0.2) is 5.16 Å². The number of para-hydroxylation sites is 1. The van der Waals surface area contributed by atoms with E-state index in [1.807, 2.05) is 54.3 Å². The Morgan fingerprint density at radius 2 is 1.87 bits per heavy atom. The van der Waals surface area contributed by atoms with Crippen LogP contribution in [0, 0.1) is 0 Å². The van der Waals surface area contributed by atoms with Crippen molar-refractivity contribution < 1.29 is 4.79 Å². The van der Waals surface area contributed by atoms with Gasteiger partial charge in [-0.3, -0.25) is 14.2 Å². The third kappa shape index (κ3) is 4.88. The van der Waals surface area contributed by atoms with E-state index in [9.17, 15) is 9.59 Å². The Morgan fingerprint density at radius 1 is 1.10 bits per heavy atom. The molecule has 0 spiro atoms. The number of carbonyl (C=O) groups is 1. The van der Waals surface area contributed by atoms with E-state index in [1.54, 1.807) is 10.6 Å². The first-order chi connectivity index (χ1) is 15.1. The minimum atomic E-state index is -0.0439. The smallest absolute Gasteiger partial charge is 0.262 e. The van der Waals surface area contributed by atoms with Crippen molar-refractivity contribution >= 4 is 45.9 Å². The van der Waals surface area contributed by atoms with Gasteiger partial charge >= 0.3 is 0 Å². The second kappa shape index (κ2) is 9.75. The number of fused-ring (bicyclic) bond motifs is 1. The highest BCUT2D eigenvalue weighted by Crippen LogP contribution is 2.22. The van der Waals surface area contributed by atoms with E-state index in [0.717, 1.165) is 25.2 Å². The molecular weight excluding hydrogens is 432 g/mol. The molecule has 1 aliphatic heterocycles. The minimum absolute atomic E-state index is 0.0439. The molecule has 0 bridgehead atoms. The highest BCUT2D eigenvalue weighted by Gasteiger charge is 2.22. The highest BCUT2D eigenvalue weighted by atomic mass is 35.5. The van der Waals surface area contributed by atoms with E-state index in [4.69, 9.17) is 11.6 Å². The van der Waals surface area contributed by atoms with E-state index in [1.165, 1.54) is 11.8 Å². The van der Waals surface area contributed by atoms with Crippen LogP contribution in [0.25, 0.3) is 10.9 Å². The topological polar surface area (TPSA) is 58.4 Å². The van der Waals surface area contributed by atoms with Gasteiger partial charge in [-0.15, -0.1) is 0 Å². The van der Waals surface area contributed by atoms with E-state index >= 15 is 0 Å². The molecule has 0 unspecified atom stereocenters. The van der Waals surface area contributed by atoms with Gasteiger partial charge in [-0.05, 0) is 36.8 Å². The van der Waals surface area contributed by atoms with Gasteiger partial charge in [0.2, 0.25) is 5.91 Å². The monoisotopic (exact) mass is 456 g/mol. The van der Waals surface area contributed by atoms with Crippen molar-refractivity contribution in [3.63, 3.8) is 0 Å². The molecule has 0 atom stereocenters. The van der Waals surface area contributed by atoms with Crippen molar-refractivity contribution in [2.45, 2.75) is 25.0 Å². The maximum absolute atomic E-state index is 12.9.